The Morgan fingerprint density at radius 3 is 2.69 bits per heavy atom. The minimum Gasteiger partial charge on any atom is -0.493 e. The number of carbonyl (C=O) groups is 1. The SMILES string of the molecule is COC(=O)[C@@H](C)[C@@H]1CCc2cc(OCCc3nc(-c4ccc(-c5ccccc5)nc4)oc3C)ccc21. The van der Waals surface area contributed by atoms with Gasteiger partial charge in [-0.25, -0.2) is 4.98 Å². The summed E-state index contributed by atoms with van der Waals surface area (Å²) >= 11 is 0. The van der Waals surface area contributed by atoms with E-state index >= 15 is 0 Å². The Kier molecular flexibility index (Phi) is 6.85. The molecule has 0 unspecified atom stereocenters. The predicted octanol–water partition coefficient (Wildman–Crippen LogP) is 6.17. The Balaban J connectivity index is 1.20. The van der Waals surface area contributed by atoms with Crippen LogP contribution in [0, 0.1) is 12.8 Å². The number of methoxy groups -OCH3 is 1. The zero-order valence-corrected chi connectivity index (χ0v) is 20.9. The van der Waals surface area contributed by atoms with E-state index in [1.54, 1.807) is 6.20 Å². The van der Waals surface area contributed by atoms with E-state index in [0.717, 1.165) is 46.9 Å². The van der Waals surface area contributed by atoms with E-state index in [-0.39, 0.29) is 17.8 Å². The number of nitrogens with zero attached hydrogens (tertiary/aromatic N) is 2. The fraction of sp³-hybridized carbons (Fsp3) is 0.300. The summed E-state index contributed by atoms with van der Waals surface area (Å²) < 4.78 is 16.9. The van der Waals surface area contributed by atoms with Crippen LogP contribution in [0.5, 0.6) is 5.75 Å². The third kappa shape index (κ3) is 4.89. The number of hydrogen-bond donors (Lipinski definition) is 0. The molecule has 0 aliphatic heterocycles. The number of benzene rings is 2. The molecule has 2 atom stereocenters. The van der Waals surface area contributed by atoms with Crippen molar-refractivity contribution in [2.45, 2.75) is 39.0 Å². The van der Waals surface area contributed by atoms with Gasteiger partial charge in [-0.05, 0) is 61.1 Å². The second kappa shape index (κ2) is 10.4. The number of aryl methyl sites for hydroxylation is 2. The van der Waals surface area contributed by atoms with Crippen molar-refractivity contribution in [1.82, 2.24) is 9.97 Å². The van der Waals surface area contributed by atoms with Crippen LogP contribution in [-0.4, -0.2) is 29.7 Å². The van der Waals surface area contributed by atoms with E-state index in [9.17, 15) is 4.79 Å². The lowest BCUT2D eigenvalue weighted by atomic mass is 9.89. The standard InChI is InChI=1S/C30H30N2O4/c1-19(30(33)34-3)25-12-9-22-17-24(11-13-26(22)25)35-16-15-27-20(2)36-29(32-27)23-10-14-28(31-18-23)21-7-5-4-6-8-21/h4-8,10-11,13-14,17-19,25H,9,12,15-16H2,1-3H3/t19-,25-/m0/s1. The van der Waals surface area contributed by atoms with Crippen molar-refractivity contribution in [2.24, 2.45) is 5.92 Å². The number of carbonyl (C=O) groups excluding carboxylic acids is 1. The maximum absolute atomic E-state index is 12.0. The Bertz CT molecular complexity index is 1350. The molecule has 0 spiro atoms. The van der Waals surface area contributed by atoms with E-state index in [2.05, 4.69) is 17.1 Å². The summed E-state index contributed by atoms with van der Waals surface area (Å²) in [6.45, 7) is 4.37. The first kappa shape index (κ1) is 23.8. The molecule has 36 heavy (non-hydrogen) atoms. The van der Waals surface area contributed by atoms with E-state index in [1.165, 1.54) is 18.2 Å². The Labute approximate surface area is 211 Å². The van der Waals surface area contributed by atoms with Crippen LogP contribution in [0.25, 0.3) is 22.7 Å². The average Bonchev–Trinajstić information content (AvgIpc) is 3.51. The summed E-state index contributed by atoms with van der Waals surface area (Å²) in [7, 11) is 1.45. The number of rotatable bonds is 8. The average molecular weight is 483 g/mol. The van der Waals surface area contributed by atoms with Gasteiger partial charge in [0.2, 0.25) is 5.89 Å². The number of ether oxygens (including phenoxy) is 2. The highest BCUT2D eigenvalue weighted by Crippen LogP contribution is 2.40. The van der Waals surface area contributed by atoms with Crippen molar-refractivity contribution in [2.75, 3.05) is 13.7 Å². The van der Waals surface area contributed by atoms with Crippen LogP contribution in [-0.2, 0) is 22.4 Å². The van der Waals surface area contributed by atoms with Crippen molar-refractivity contribution in [1.29, 1.82) is 0 Å². The van der Waals surface area contributed by atoms with Gasteiger partial charge in [0.05, 0.1) is 36.6 Å². The first-order valence-corrected chi connectivity index (χ1v) is 12.3. The van der Waals surface area contributed by atoms with Crippen LogP contribution in [0.1, 0.15) is 41.8 Å². The van der Waals surface area contributed by atoms with Crippen LogP contribution >= 0.6 is 0 Å². The van der Waals surface area contributed by atoms with Crippen LogP contribution in [0.3, 0.4) is 0 Å². The van der Waals surface area contributed by atoms with Crippen molar-refractivity contribution < 1.29 is 18.7 Å². The van der Waals surface area contributed by atoms with Crippen LogP contribution in [0.15, 0.2) is 71.3 Å². The molecular formula is C30H30N2O4. The summed E-state index contributed by atoms with van der Waals surface area (Å²) in [5.74, 6) is 2.10. The van der Waals surface area contributed by atoms with Crippen molar-refractivity contribution >= 4 is 5.97 Å². The van der Waals surface area contributed by atoms with Crippen molar-refractivity contribution in [3.63, 3.8) is 0 Å². The zero-order valence-electron chi connectivity index (χ0n) is 20.9. The fourth-order valence-electron chi connectivity index (χ4n) is 4.94. The molecule has 5 rings (SSSR count). The second-order valence-electron chi connectivity index (χ2n) is 9.24. The van der Waals surface area contributed by atoms with E-state index in [4.69, 9.17) is 18.9 Å². The lowest BCUT2D eigenvalue weighted by Gasteiger charge is -2.18. The van der Waals surface area contributed by atoms with Crippen molar-refractivity contribution in [3.8, 4) is 28.5 Å². The van der Waals surface area contributed by atoms with Gasteiger partial charge >= 0.3 is 5.97 Å². The topological polar surface area (TPSA) is 74.5 Å². The highest BCUT2D eigenvalue weighted by Gasteiger charge is 2.32. The normalized spacial score (nSPS) is 15.4. The molecule has 2 heterocycles. The maximum atomic E-state index is 12.0. The quantitative estimate of drug-likeness (QED) is 0.280. The molecule has 6 heteroatoms. The summed E-state index contributed by atoms with van der Waals surface area (Å²) in [6, 6.07) is 20.2. The number of esters is 1. The lowest BCUT2D eigenvalue weighted by Crippen LogP contribution is -2.19. The highest BCUT2D eigenvalue weighted by molar-refractivity contribution is 5.73. The number of fused-ring (bicyclic) bond motifs is 1. The summed E-state index contributed by atoms with van der Waals surface area (Å²) in [5, 5.41) is 0. The Morgan fingerprint density at radius 2 is 1.94 bits per heavy atom. The zero-order chi connectivity index (χ0) is 25.1. The summed E-state index contributed by atoms with van der Waals surface area (Å²) in [6.07, 6.45) is 4.34. The van der Waals surface area contributed by atoms with Gasteiger partial charge in [-0.1, -0.05) is 43.3 Å². The molecule has 0 radical (unpaired) electrons. The van der Waals surface area contributed by atoms with Gasteiger partial charge in [0, 0.05) is 18.2 Å². The molecule has 2 aromatic carbocycles. The van der Waals surface area contributed by atoms with Crippen LogP contribution < -0.4 is 4.74 Å². The Morgan fingerprint density at radius 1 is 1.11 bits per heavy atom. The Hall–Kier alpha value is -3.93. The molecule has 1 aliphatic carbocycles. The molecule has 0 saturated carbocycles. The van der Waals surface area contributed by atoms with E-state index in [0.29, 0.717) is 18.9 Å². The third-order valence-electron chi connectivity index (χ3n) is 7.00. The second-order valence-corrected chi connectivity index (χ2v) is 9.24. The summed E-state index contributed by atoms with van der Waals surface area (Å²) in [4.78, 5) is 21.3. The van der Waals surface area contributed by atoms with Gasteiger partial charge in [-0.15, -0.1) is 0 Å². The maximum Gasteiger partial charge on any atom is 0.308 e. The number of oxazole rings is 1. The molecule has 4 aromatic rings. The summed E-state index contributed by atoms with van der Waals surface area (Å²) in [5.41, 5.74) is 6.19. The van der Waals surface area contributed by atoms with E-state index in [1.807, 2.05) is 62.4 Å². The minimum absolute atomic E-state index is 0.142. The van der Waals surface area contributed by atoms with E-state index < -0.39 is 0 Å². The van der Waals surface area contributed by atoms with Gasteiger partial charge in [0.15, 0.2) is 0 Å². The molecule has 0 saturated heterocycles. The molecule has 2 aromatic heterocycles. The number of pyridine rings is 1. The molecule has 0 N–H and O–H groups in total. The highest BCUT2D eigenvalue weighted by atomic mass is 16.5. The largest absolute Gasteiger partial charge is 0.493 e. The third-order valence-corrected chi connectivity index (χ3v) is 7.00. The predicted molar refractivity (Wildman–Crippen MR) is 138 cm³/mol. The van der Waals surface area contributed by atoms with Crippen molar-refractivity contribution in [3.05, 3.63) is 89.4 Å². The molecule has 184 valence electrons. The first-order chi connectivity index (χ1) is 17.5. The first-order valence-electron chi connectivity index (χ1n) is 12.3. The molecule has 0 fully saturated rings. The smallest absolute Gasteiger partial charge is 0.308 e. The van der Waals surface area contributed by atoms with Gasteiger partial charge in [-0.3, -0.25) is 9.78 Å². The monoisotopic (exact) mass is 482 g/mol. The van der Waals surface area contributed by atoms with Gasteiger partial charge in [0.25, 0.3) is 0 Å². The number of aromatic nitrogens is 2. The molecular weight excluding hydrogens is 452 g/mol. The van der Waals surface area contributed by atoms with Gasteiger partial charge in [0.1, 0.15) is 11.5 Å². The fourth-order valence-corrected chi connectivity index (χ4v) is 4.94. The molecule has 0 bridgehead atoms. The van der Waals surface area contributed by atoms with Crippen LogP contribution in [0.4, 0.5) is 0 Å². The lowest BCUT2D eigenvalue weighted by molar-refractivity contribution is -0.145. The van der Waals surface area contributed by atoms with Gasteiger partial charge < -0.3 is 13.9 Å². The molecule has 0 amide bonds. The van der Waals surface area contributed by atoms with Gasteiger partial charge in [-0.2, -0.15) is 0 Å². The molecule has 1 aliphatic rings. The number of hydrogen-bond acceptors (Lipinski definition) is 6. The molecule has 6 nitrogen and oxygen atoms in total. The van der Waals surface area contributed by atoms with Crippen LogP contribution in [0.2, 0.25) is 0 Å². The minimum atomic E-state index is -0.154.